The van der Waals surface area contributed by atoms with E-state index in [1.807, 2.05) is 170 Å². The van der Waals surface area contributed by atoms with Gasteiger partial charge in [-0.2, -0.15) is 40.9 Å². The summed E-state index contributed by atoms with van der Waals surface area (Å²) >= 11 is 0. The van der Waals surface area contributed by atoms with E-state index in [4.69, 9.17) is 20.5 Å². The summed E-state index contributed by atoms with van der Waals surface area (Å²) in [5, 5.41) is 37.2. The Balaban J connectivity index is 0.876. The molecule has 2 aliphatic carbocycles. The highest BCUT2D eigenvalue weighted by molar-refractivity contribution is 6.00. The molecule has 0 saturated heterocycles. The first-order valence-electron chi connectivity index (χ1n) is 36.3. The first-order valence-corrected chi connectivity index (χ1v) is 36.3. The summed E-state index contributed by atoms with van der Waals surface area (Å²) in [6.45, 7) is 0. The van der Waals surface area contributed by atoms with E-state index in [1.54, 1.807) is 0 Å². The maximum atomic E-state index is 4.69. The highest BCUT2D eigenvalue weighted by Gasteiger charge is 2.53. The SMILES string of the molecule is c1ccc(N=Nc2ccc(N(c3ccccc3)c3ccc4c(c3)C3(c5cc(N(c6ccccc6)c6ccc(N=Nc7ccccc7)cc6)ccc5-4)c4cc(N(c5ccccc5)c5ccc(N=Nc6ccccc6)cc5)ccc4-c4ccc(N(c5ccccc5)c5ccc(N=Nc6ccccc6)cc5)cc43)cc2)cc1. The zero-order valence-corrected chi connectivity index (χ0v) is 59.1. The lowest BCUT2D eigenvalue weighted by Gasteiger charge is -2.35. The molecule has 0 saturated carbocycles. The Hall–Kier alpha value is -14.9. The Bertz CT molecular complexity index is 5250. The van der Waals surface area contributed by atoms with Crippen molar-refractivity contribution < 1.29 is 0 Å². The highest BCUT2D eigenvalue weighted by Crippen LogP contribution is 2.66. The number of rotatable bonds is 20. The summed E-state index contributed by atoms with van der Waals surface area (Å²) in [6.07, 6.45) is 0. The first kappa shape index (κ1) is 66.1. The molecule has 12 heteroatoms. The van der Waals surface area contributed by atoms with Gasteiger partial charge < -0.3 is 19.6 Å². The summed E-state index contributed by atoms with van der Waals surface area (Å²) in [4.78, 5) is 9.41. The van der Waals surface area contributed by atoms with Crippen LogP contribution in [0.1, 0.15) is 22.3 Å². The van der Waals surface area contributed by atoms with E-state index in [0.29, 0.717) is 0 Å². The van der Waals surface area contributed by atoms with Crippen molar-refractivity contribution in [2.24, 2.45) is 40.9 Å². The lowest BCUT2D eigenvalue weighted by molar-refractivity contribution is 0.793. The maximum Gasteiger partial charge on any atom is 0.0858 e. The van der Waals surface area contributed by atoms with Crippen LogP contribution in [-0.2, 0) is 5.41 Å². The van der Waals surface area contributed by atoms with Crippen molar-refractivity contribution in [3.05, 3.63) is 435 Å². The second-order valence-corrected chi connectivity index (χ2v) is 26.6. The normalized spacial score (nSPS) is 13.2. The third-order valence-electron chi connectivity index (χ3n) is 19.9. The van der Waals surface area contributed by atoms with Crippen LogP contribution in [0.5, 0.6) is 0 Å². The van der Waals surface area contributed by atoms with Crippen LogP contribution in [0.15, 0.2) is 453 Å². The monoisotopic (exact) mass is 1400 g/mol. The van der Waals surface area contributed by atoms with Crippen molar-refractivity contribution in [3.63, 3.8) is 0 Å². The summed E-state index contributed by atoms with van der Waals surface area (Å²) in [7, 11) is 0. The highest BCUT2D eigenvalue weighted by atomic mass is 15.2. The molecule has 516 valence electrons. The van der Waals surface area contributed by atoms with E-state index in [1.165, 1.54) is 0 Å². The molecule has 18 rings (SSSR count). The van der Waals surface area contributed by atoms with Crippen molar-refractivity contribution in [1.82, 2.24) is 0 Å². The molecular formula is C97H68N12. The molecule has 0 aliphatic heterocycles. The first-order chi connectivity index (χ1) is 54.0. The second-order valence-electron chi connectivity index (χ2n) is 26.6. The Morgan fingerprint density at radius 2 is 0.284 bits per heavy atom. The van der Waals surface area contributed by atoms with Crippen LogP contribution in [0.25, 0.3) is 22.3 Å². The van der Waals surface area contributed by atoms with E-state index in [0.717, 1.165) is 158 Å². The van der Waals surface area contributed by atoms with Gasteiger partial charge >= 0.3 is 0 Å². The van der Waals surface area contributed by atoms with Gasteiger partial charge in [-0.15, -0.1) is 0 Å². The number of anilines is 12. The fourth-order valence-electron chi connectivity index (χ4n) is 14.9. The molecule has 0 amide bonds. The summed E-state index contributed by atoms with van der Waals surface area (Å²) in [5.41, 5.74) is 25.7. The quantitative estimate of drug-likeness (QED) is 0.0708. The summed E-state index contributed by atoms with van der Waals surface area (Å²) < 4.78 is 0. The number of hydrogen-bond donors (Lipinski definition) is 0. The number of fused-ring (bicyclic) bond motifs is 10. The van der Waals surface area contributed by atoms with Gasteiger partial charge in [-0.1, -0.05) is 170 Å². The smallest absolute Gasteiger partial charge is 0.0858 e. The molecule has 16 aromatic carbocycles. The molecule has 0 atom stereocenters. The van der Waals surface area contributed by atoms with Gasteiger partial charge in [0.1, 0.15) is 0 Å². The molecule has 2 aliphatic rings. The van der Waals surface area contributed by atoms with Gasteiger partial charge in [0.25, 0.3) is 0 Å². The van der Waals surface area contributed by atoms with E-state index in [2.05, 4.69) is 283 Å². The molecular weight excluding hydrogens is 1330 g/mol. The molecule has 0 aromatic heterocycles. The number of para-hydroxylation sites is 4. The topological polar surface area (TPSA) is 112 Å². The molecule has 12 nitrogen and oxygen atoms in total. The van der Waals surface area contributed by atoms with Crippen molar-refractivity contribution in [3.8, 4) is 22.3 Å². The third kappa shape index (κ3) is 13.3. The minimum Gasteiger partial charge on any atom is -0.310 e. The fraction of sp³-hybridized carbons (Fsp3) is 0.0103. The van der Waals surface area contributed by atoms with Crippen molar-refractivity contribution >= 4 is 114 Å². The number of hydrogen-bond acceptors (Lipinski definition) is 12. The van der Waals surface area contributed by atoms with Gasteiger partial charge in [0.05, 0.1) is 50.9 Å². The molecule has 109 heavy (non-hydrogen) atoms. The molecule has 0 radical (unpaired) electrons. The fourth-order valence-corrected chi connectivity index (χ4v) is 14.9. The lowest BCUT2D eigenvalue weighted by atomic mass is 9.70. The van der Waals surface area contributed by atoms with E-state index >= 15 is 0 Å². The largest absolute Gasteiger partial charge is 0.310 e. The van der Waals surface area contributed by atoms with Crippen LogP contribution in [0, 0.1) is 0 Å². The molecule has 1 spiro atoms. The minimum atomic E-state index is -1.02. The Morgan fingerprint density at radius 1 is 0.138 bits per heavy atom. The molecule has 0 N–H and O–H groups in total. The molecule has 0 heterocycles. The van der Waals surface area contributed by atoms with Gasteiger partial charge in [-0.3, -0.25) is 0 Å². The number of azo groups is 4. The van der Waals surface area contributed by atoms with Gasteiger partial charge in [0.2, 0.25) is 0 Å². The van der Waals surface area contributed by atoms with Gasteiger partial charge in [0, 0.05) is 68.2 Å². The van der Waals surface area contributed by atoms with Crippen LogP contribution < -0.4 is 19.6 Å². The zero-order valence-electron chi connectivity index (χ0n) is 59.1. The van der Waals surface area contributed by atoms with Crippen LogP contribution in [0.4, 0.5) is 114 Å². The van der Waals surface area contributed by atoms with Crippen LogP contribution in [0.3, 0.4) is 0 Å². The van der Waals surface area contributed by atoms with Gasteiger partial charge in [-0.05, 0) is 287 Å². The predicted octanol–water partition coefficient (Wildman–Crippen LogP) is 29.6. The third-order valence-corrected chi connectivity index (χ3v) is 19.9. The molecule has 16 aromatic rings. The molecule has 0 unspecified atom stereocenters. The van der Waals surface area contributed by atoms with E-state index in [9.17, 15) is 0 Å². The van der Waals surface area contributed by atoms with Crippen LogP contribution in [-0.4, -0.2) is 0 Å². The van der Waals surface area contributed by atoms with Crippen LogP contribution in [0.2, 0.25) is 0 Å². The minimum absolute atomic E-state index is 0.739. The van der Waals surface area contributed by atoms with E-state index < -0.39 is 5.41 Å². The Labute approximate surface area is 632 Å². The number of nitrogens with zero attached hydrogens (tertiary/aromatic N) is 12. The zero-order chi connectivity index (χ0) is 72.7. The van der Waals surface area contributed by atoms with Crippen LogP contribution >= 0.6 is 0 Å². The van der Waals surface area contributed by atoms with Crippen molar-refractivity contribution in [1.29, 1.82) is 0 Å². The lowest BCUT2D eigenvalue weighted by Crippen LogP contribution is -2.27. The van der Waals surface area contributed by atoms with Crippen molar-refractivity contribution in [2.45, 2.75) is 5.41 Å². The number of benzene rings is 16. The standard InChI is InChI=1S/C97H68N12/c1-9-25-69(26-10-1)98-102-73-41-49-81(50-42-73)106(77-33-17-5-18-34-77)85-57-61-89-90-62-58-86(107(78-35-19-6-20-36-78)82-51-43-74(44-52-82)103-99-70-27-11-2-12-28-70)66-94(90)97(93(89)65-85)95-67-87(108(79-37-21-7-22-38-79)83-53-45-75(46-54-83)104-100-71-29-13-3-14-30-71)59-63-91(95)92-64-60-88(68-96(92)97)109(80-39-23-8-24-40-80)84-55-47-76(48-56-84)105-101-72-31-15-4-16-32-72/h1-68H. The maximum absolute atomic E-state index is 4.69. The summed E-state index contributed by atoms with van der Waals surface area (Å²) in [5.74, 6) is 0. The van der Waals surface area contributed by atoms with Crippen molar-refractivity contribution in [2.75, 3.05) is 19.6 Å². The van der Waals surface area contributed by atoms with E-state index in [-0.39, 0.29) is 0 Å². The second kappa shape index (κ2) is 29.7. The Morgan fingerprint density at radius 3 is 0.468 bits per heavy atom. The predicted molar refractivity (Wildman–Crippen MR) is 444 cm³/mol. The van der Waals surface area contributed by atoms with Gasteiger partial charge in [0.15, 0.2) is 0 Å². The Kier molecular flexibility index (Phi) is 18.0. The average molecular weight is 1400 g/mol. The molecule has 0 bridgehead atoms. The van der Waals surface area contributed by atoms with Gasteiger partial charge in [-0.25, -0.2) is 0 Å². The molecule has 0 fully saturated rings. The average Bonchev–Trinajstić information content (AvgIpc) is 1.50. The summed E-state index contributed by atoms with van der Waals surface area (Å²) in [6, 6.07) is 144.